The SMILES string of the molecule is C[C@H]1CCCCN1c1cc(N2CCN(C(=O)C(C)(C)C)CC2)c([N+](=O)[O-])cc1F. The van der Waals surface area contributed by atoms with E-state index in [0.29, 0.717) is 37.6 Å². The number of anilines is 2. The highest BCUT2D eigenvalue weighted by atomic mass is 19.1. The Balaban J connectivity index is 1.87. The quantitative estimate of drug-likeness (QED) is 0.564. The van der Waals surface area contributed by atoms with Crippen LogP contribution in [0.2, 0.25) is 0 Å². The van der Waals surface area contributed by atoms with Gasteiger partial charge in [0.1, 0.15) is 5.69 Å². The van der Waals surface area contributed by atoms with Crippen LogP contribution in [-0.2, 0) is 4.79 Å². The molecule has 160 valence electrons. The fraction of sp³-hybridized carbons (Fsp3) is 0.667. The van der Waals surface area contributed by atoms with E-state index in [4.69, 9.17) is 0 Å². The third-order valence-corrected chi connectivity index (χ3v) is 5.90. The predicted molar refractivity (Wildman–Crippen MR) is 112 cm³/mol. The van der Waals surface area contributed by atoms with Crippen molar-refractivity contribution in [1.82, 2.24) is 4.90 Å². The largest absolute Gasteiger partial charge is 0.366 e. The highest BCUT2D eigenvalue weighted by Crippen LogP contribution is 2.37. The van der Waals surface area contributed by atoms with Crippen molar-refractivity contribution < 1.29 is 14.1 Å². The number of nitro benzene ring substituents is 1. The Labute approximate surface area is 171 Å². The Hall–Kier alpha value is -2.38. The molecule has 1 amide bonds. The van der Waals surface area contributed by atoms with E-state index in [9.17, 15) is 19.3 Å². The van der Waals surface area contributed by atoms with Crippen molar-refractivity contribution >= 4 is 23.0 Å². The first kappa shape index (κ1) is 21.3. The summed E-state index contributed by atoms with van der Waals surface area (Å²) in [6.07, 6.45) is 3.09. The maximum atomic E-state index is 14.8. The summed E-state index contributed by atoms with van der Waals surface area (Å²) in [6, 6.07) is 2.89. The lowest BCUT2D eigenvalue weighted by molar-refractivity contribution is -0.384. The number of hydrogen-bond acceptors (Lipinski definition) is 5. The summed E-state index contributed by atoms with van der Waals surface area (Å²) in [6.45, 7) is 10.5. The van der Waals surface area contributed by atoms with Crippen molar-refractivity contribution in [1.29, 1.82) is 0 Å². The average molecular weight is 407 g/mol. The van der Waals surface area contributed by atoms with Gasteiger partial charge in [0.2, 0.25) is 5.91 Å². The molecule has 0 saturated carbocycles. The summed E-state index contributed by atoms with van der Waals surface area (Å²) in [5, 5.41) is 11.6. The first-order valence-corrected chi connectivity index (χ1v) is 10.4. The molecule has 0 bridgehead atoms. The van der Waals surface area contributed by atoms with Crippen LogP contribution in [-0.4, -0.2) is 54.5 Å². The van der Waals surface area contributed by atoms with E-state index in [0.717, 1.165) is 31.9 Å². The molecule has 0 radical (unpaired) electrons. The lowest BCUT2D eigenvalue weighted by Gasteiger charge is -2.39. The summed E-state index contributed by atoms with van der Waals surface area (Å²) in [5.41, 5.74) is 0.200. The van der Waals surface area contributed by atoms with Crippen LogP contribution in [0.25, 0.3) is 0 Å². The van der Waals surface area contributed by atoms with E-state index >= 15 is 0 Å². The molecule has 7 nitrogen and oxygen atoms in total. The second-order valence-electron chi connectivity index (χ2n) is 9.12. The Bertz CT molecular complexity index is 785. The van der Waals surface area contributed by atoms with Gasteiger partial charge in [-0.2, -0.15) is 0 Å². The number of benzene rings is 1. The van der Waals surface area contributed by atoms with Crippen LogP contribution < -0.4 is 9.80 Å². The van der Waals surface area contributed by atoms with Gasteiger partial charge in [-0.15, -0.1) is 0 Å². The molecular formula is C21H31FN4O3. The molecule has 0 aromatic heterocycles. The number of halogens is 1. The monoisotopic (exact) mass is 406 g/mol. The Morgan fingerprint density at radius 2 is 1.76 bits per heavy atom. The number of nitro groups is 1. The summed E-state index contributed by atoms with van der Waals surface area (Å²) in [5.74, 6) is -0.468. The van der Waals surface area contributed by atoms with Gasteiger partial charge < -0.3 is 14.7 Å². The molecule has 1 aromatic rings. The maximum Gasteiger partial charge on any atom is 0.295 e. The van der Waals surface area contributed by atoms with Crippen LogP contribution >= 0.6 is 0 Å². The van der Waals surface area contributed by atoms with Crippen molar-refractivity contribution in [3.63, 3.8) is 0 Å². The molecule has 2 fully saturated rings. The lowest BCUT2D eigenvalue weighted by atomic mass is 9.94. The van der Waals surface area contributed by atoms with E-state index < -0.39 is 16.2 Å². The summed E-state index contributed by atoms with van der Waals surface area (Å²) >= 11 is 0. The van der Waals surface area contributed by atoms with Crippen molar-refractivity contribution in [3.05, 3.63) is 28.1 Å². The van der Waals surface area contributed by atoms with Crippen molar-refractivity contribution in [2.45, 2.75) is 53.0 Å². The highest BCUT2D eigenvalue weighted by Gasteiger charge is 2.33. The molecule has 1 aromatic carbocycles. The molecule has 0 N–H and O–H groups in total. The minimum atomic E-state index is -0.546. The molecule has 2 heterocycles. The average Bonchev–Trinajstić information content (AvgIpc) is 2.67. The molecule has 2 aliphatic rings. The van der Waals surface area contributed by atoms with Gasteiger partial charge in [0.05, 0.1) is 16.7 Å². The van der Waals surface area contributed by atoms with Gasteiger partial charge in [-0.1, -0.05) is 20.8 Å². The minimum absolute atomic E-state index is 0.0774. The summed E-state index contributed by atoms with van der Waals surface area (Å²) in [7, 11) is 0. The fourth-order valence-corrected chi connectivity index (χ4v) is 4.24. The van der Waals surface area contributed by atoms with Gasteiger partial charge in [0, 0.05) is 44.2 Å². The minimum Gasteiger partial charge on any atom is -0.366 e. The summed E-state index contributed by atoms with van der Waals surface area (Å²) in [4.78, 5) is 29.3. The van der Waals surface area contributed by atoms with Crippen LogP contribution in [0.5, 0.6) is 0 Å². The lowest BCUT2D eigenvalue weighted by Crippen LogP contribution is -2.51. The maximum absolute atomic E-state index is 14.8. The highest BCUT2D eigenvalue weighted by molar-refractivity contribution is 5.82. The fourth-order valence-electron chi connectivity index (χ4n) is 4.24. The number of rotatable bonds is 3. The normalized spacial score (nSPS) is 20.7. The second kappa shape index (κ2) is 8.16. The first-order chi connectivity index (χ1) is 13.6. The van der Waals surface area contributed by atoms with E-state index in [1.165, 1.54) is 0 Å². The molecule has 0 aliphatic carbocycles. The van der Waals surface area contributed by atoms with Gasteiger partial charge >= 0.3 is 0 Å². The summed E-state index contributed by atoms with van der Waals surface area (Å²) < 4.78 is 14.8. The number of hydrogen-bond donors (Lipinski definition) is 0. The number of piperidine rings is 1. The van der Waals surface area contributed by atoms with Crippen molar-refractivity contribution in [2.24, 2.45) is 5.41 Å². The van der Waals surface area contributed by atoms with Gasteiger partial charge in [0.25, 0.3) is 5.69 Å². The first-order valence-electron chi connectivity index (χ1n) is 10.4. The van der Waals surface area contributed by atoms with Crippen molar-refractivity contribution in [3.8, 4) is 0 Å². The molecule has 0 spiro atoms. The topological polar surface area (TPSA) is 69.9 Å². The third kappa shape index (κ3) is 4.46. The standard InChI is InChI=1S/C21H31FN4O3/c1-15-7-5-6-8-25(15)17-14-18(19(26(28)29)13-16(17)22)23-9-11-24(12-10-23)20(27)21(2,3)4/h13-15H,5-12H2,1-4H3/t15-/m0/s1. The van der Waals surface area contributed by atoms with E-state index in [1.54, 1.807) is 11.0 Å². The number of piperazine rings is 1. The molecule has 1 atom stereocenters. The van der Waals surface area contributed by atoms with E-state index in [-0.39, 0.29) is 17.6 Å². The van der Waals surface area contributed by atoms with Crippen LogP contribution in [0, 0.1) is 21.3 Å². The van der Waals surface area contributed by atoms with Crippen LogP contribution in [0.15, 0.2) is 12.1 Å². The number of carbonyl (C=O) groups excluding carboxylic acids is 1. The zero-order valence-corrected chi connectivity index (χ0v) is 17.8. The Kier molecular flexibility index (Phi) is 6.00. The zero-order chi connectivity index (χ0) is 21.3. The molecule has 2 saturated heterocycles. The molecular weight excluding hydrogens is 375 g/mol. The van der Waals surface area contributed by atoms with Gasteiger partial charge in [0.15, 0.2) is 5.82 Å². The number of amides is 1. The molecule has 0 unspecified atom stereocenters. The van der Waals surface area contributed by atoms with Gasteiger partial charge in [-0.3, -0.25) is 14.9 Å². The smallest absolute Gasteiger partial charge is 0.295 e. The van der Waals surface area contributed by atoms with E-state index in [1.807, 2.05) is 30.6 Å². The Morgan fingerprint density at radius 1 is 1.10 bits per heavy atom. The zero-order valence-electron chi connectivity index (χ0n) is 17.8. The Morgan fingerprint density at radius 3 is 2.31 bits per heavy atom. The predicted octanol–water partition coefficient (Wildman–Crippen LogP) is 3.81. The van der Waals surface area contributed by atoms with Gasteiger partial charge in [-0.25, -0.2) is 4.39 Å². The molecule has 8 heteroatoms. The van der Waals surface area contributed by atoms with Crippen LogP contribution in [0.1, 0.15) is 47.0 Å². The molecule has 2 aliphatic heterocycles. The number of carbonyl (C=O) groups is 1. The van der Waals surface area contributed by atoms with Gasteiger partial charge in [-0.05, 0) is 32.3 Å². The third-order valence-electron chi connectivity index (χ3n) is 5.90. The number of nitrogens with zero attached hydrogens (tertiary/aromatic N) is 4. The molecule has 29 heavy (non-hydrogen) atoms. The van der Waals surface area contributed by atoms with Crippen LogP contribution in [0.4, 0.5) is 21.5 Å². The van der Waals surface area contributed by atoms with Crippen LogP contribution in [0.3, 0.4) is 0 Å². The van der Waals surface area contributed by atoms with Crippen molar-refractivity contribution in [2.75, 3.05) is 42.5 Å². The second-order valence-corrected chi connectivity index (χ2v) is 9.12. The molecule has 3 rings (SSSR count). The van der Waals surface area contributed by atoms with E-state index in [2.05, 4.69) is 6.92 Å².